The minimum Gasteiger partial charge on any atom is -0.457 e. The number of alkyl halides is 6. The molecule has 0 aliphatic rings. The first-order chi connectivity index (χ1) is 46.1. The Hall–Kier alpha value is -10.4. The summed E-state index contributed by atoms with van der Waals surface area (Å²) in [5.41, 5.74) is 13.4. The summed E-state index contributed by atoms with van der Waals surface area (Å²) in [6.45, 7) is 1.78. The lowest BCUT2D eigenvalue weighted by molar-refractivity contribution is -0.137. The summed E-state index contributed by atoms with van der Waals surface area (Å²) in [5, 5.41) is 1.82. The van der Waals surface area contributed by atoms with E-state index in [1.54, 1.807) is 116 Å². The number of aryl methyl sites for hydroxylation is 1. The standard InChI is InChI=1S/C24H17F3N2O4S.C24H18F3NO3S.C23H16Cl2N2O4S/c1-34(31,32)17-8-3-7-16(12-17)33-15-6-2-5-14(11-15)21-18-9-4-10-20(24(25,26)27)22(18)29-13-19(21)23(28)30;1-15-14-28-23-20(10-5-11-21(23)24(25,26)27)22(15)16-6-3-7-17(12-16)31-18-8-4-9-19(13-18)32(2,29)30;1-32(29,30)17-10-14(24)9-16(11-17)31-15-5-2-4-13(8-15)21-18-6-3-7-20(25)22(18)27-12-19(21)23(26)28/h2-13H,1H3,(H2,28,30);3-14H,1-2H3;2-12H,1H3,(H2,26,28). The number of amides is 2. The normalized spacial score (nSPS) is 11.9. The first-order valence-electron chi connectivity index (χ1n) is 28.7. The second-order valence-corrected chi connectivity index (χ2v) is 28.8. The molecule has 0 aliphatic heterocycles. The topological polar surface area (TPSA) is 255 Å². The van der Waals surface area contributed by atoms with Gasteiger partial charge in [0.05, 0.1) is 58.5 Å². The minimum absolute atomic E-state index is 0.0435. The van der Waals surface area contributed by atoms with Gasteiger partial charge in [0, 0.05) is 69.7 Å². The summed E-state index contributed by atoms with van der Waals surface area (Å²) in [4.78, 5) is 36.7. The molecule has 0 radical (unpaired) electrons. The molecule has 12 aromatic rings. The van der Waals surface area contributed by atoms with E-state index < -0.39 is 64.8 Å². The predicted octanol–water partition coefficient (Wildman–Crippen LogP) is 17.1. The molecule has 9 aromatic carbocycles. The second-order valence-electron chi connectivity index (χ2n) is 22.0. The number of nitrogens with two attached hydrogens (primary N) is 2. The number of aromatic nitrogens is 3. The monoisotopic (exact) mass is 1430 g/mol. The Kier molecular flexibility index (Phi) is 20.1. The van der Waals surface area contributed by atoms with E-state index >= 15 is 0 Å². The largest absolute Gasteiger partial charge is 0.457 e. The number of sulfone groups is 3. The van der Waals surface area contributed by atoms with E-state index in [0.29, 0.717) is 71.9 Å². The fraction of sp³-hybridized carbons (Fsp3) is 0.0845. The van der Waals surface area contributed by atoms with E-state index in [1.807, 2.05) is 0 Å². The molecule has 12 rings (SSSR count). The number of ether oxygens (including phenoxy) is 3. The van der Waals surface area contributed by atoms with Gasteiger partial charge in [0.15, 0.2) is 29.5 Å². The lowest BCUT2D eigenvalue weighted by Gasteiger charge is -2.15. The third kappa shape index (κ3) is 16.2. The third-order valence-electron chi connectivity index (χ3n) is 14.8. The molecule has 0 bridgehead atoms. The van der Waals surface area contributed by atoms with Gasteiger partial charge in [-0.3, -0.25) is 24.5 Å². The van der Waals surface area contributed by atoms with Crippen LogP contribution in [0.3, 0.4) is 0 Å². The van der Waals surface area contributed by atoms with E-state index in [4.69, 9.17) is 48.9 Å². The second kappa shape index (κ2) is 28.0. The lowest BCUT2D eigenvalue weighted by atomic mass is 9.94. The third-order valence-corrected chi connectivity index (χ3v) is 18.6. The van der Waals surface area contributed by atoms with Crippen molar-refractivity contribution in [1.29, 1.82) is 0 Å². The van der Waals surface area contributed by atoms with Gasteiger partial charge < -0.3 is 25.7 Å². The minimum atomic E-state index is -4.65. The van der Waals surface area contributed by atoms with Crippen LogP contribution in [-0.2, 0) is 41.9 Å². The highest BCUT2D eigenvalue weighted by atomic mass is 35.5. The summed E-state index contributed by atoms with van der Waals surface area (Å²) in [5.74, 6) is 0.455. The molecule has 0 fully saturated rings. The van der Waals surface area contributed by atoms with Crippen molar-refractivity contribution in [3.05, 3.63) is 251 Å². The first kappa shape index (κ1) is 70.4. The SMILES string of the molecule is CS(=O)(=O)c1cc(Cl)cc(Oc2cccc(-c3c(C(N)=O)cnc4c(Cl)cccc34)c2)c1.CS(=O)(=O)c1cccc(Oc2cccc(-c3c(C(N)=O)cnc4c(C(F)(F)F)cccc34)c2)c1.Cc1cnc2c(C(F)(F)F)cccc2c1-c1cccc(Oc2cccc(S(C)(=O)=O)c2)c1. The average molecular weight is 1430 g/mol. The molecule has 3 heterocycles. The van der Waals surface area contributed by atoms with Crippen LogP contribution in [0.15, 0.2) is 227 Å². The van der Waals surface area contributed by atoms with Crippen molar-refractivity contribution >= 4 is 97.2 Å². The molecule has 2 amide bonds. The molecule has 500 valence electrons. The molecule has 0 atom stereocenters. The van der Waals surface area contributed by atoms with Crippen molar-refractivity contribution in [2.24, 2.45) is 11.5 Å². The molecule has 3 aromatic heterocycles. The quantitative estimate of drug-likeness (QED) is 0.0960. The van der Waals surface area contributed by atoms with Crippen LogP contribution < -0.4 is 25.7 Å². The summed E-state index contributed by atoms with van der Waals surface area (Å²) in [7, 11) is -10.3. The number of hydrogen-bond acceptors (Lipinski definition) is 14. The Balaban J connectivity index is 0.000000159. The van der Waals surface area contributed by atoms with E-state index in [1.165, 1.54) is 85.2 Å². The number of primary amides is 2. The molecule has 0 spiro atoms. The molecular formula is C71H51Cl2F6N5O11S3. The zero-order valence-electron chi connectivity index (χ0n) is 51.4. The number of halogens is 8. The number of carbonyl (C=O) groups excluding carboxylic acids is 2. The molecule has 0 unspecified atom stereocenters. The van der Waals surface area contributed by atoms with Crippen molar-refractivity contribution in [1.82, 2.24) is 15.0 Å². The zero-order chi connectivity index (χ0) is 70.8. The highest BCUT2D eigenvalue weighted by molar-refractivity contribution is 7.91. The van der Waals surface area contributed by atoms with Crippen LogP contribution in [0, 0.1) is 6.92 Å². The van der Waals surface area contributed by atoms with Crippen LogP contribution in [0.1, 0.15) is 37.4 Å². The lowest BCUT2D eigenvalue weighted by Crippen LogP contribution is -2.14. The zero-order valence-corrected chi connectivity index (χ0v) is 55.4. The molecule has 0 aliphatic carbocycles. The van der Waals surface area contributed by atoms with Crippen molar-refractivity contribution in [2.45, 2.75) is 34.0 Å². The Bertz CT molecular complexity index is 5530. The number of rotatable bonds is 14. The Morgan fingerprint density at radius 3 is 1.15 bits per heavy atom. The van der Waals surface area contributed by atoms with Crippen LogP contribution in [0.5, 0.6) is 34.5 Å². The first-order valence-corrected chi connectivity index (χ1v) is 35.1. The summed E-state index contributed by atoms with van der Waals surface area (Å²) >= 11 is 12.4. The van der Waals surface area contributed by atoms with Gasteiger partial charge in [0.1, 0.15) is 34.5 Å². The smallest absolute Gasteiger partial charge is 0.418 e. The van der Waals surface area contributed by atoms with Gasteiger partial charge in [-0.25, -0.2) is 25.3 Å². The molecule has 98 heavy (non-hydrogen) atoms. The van der Waals surface area contributed by atoms with Gasteiger partial charge in [-0.2, -0.15) is 26.3 Å². The average Bonchev–Trinajstić information content (AvgIpc) is 0.760. The summed E-state index contributed by atoms with van der Waals surface area (Å²) < 4.78 is 170. The summed E-state index contributed by atoms with van der Waals surface area (Å²) in [6, 6.07) is 49.3. The van der Waals surface area contributed by atoms with Crippen molar-refractivity contribution < 1.29 is 75.4 Å². The van der Waals surface area contributed by atoms with Gasteiger partial charge in [0.2, 0.25) is 0 Å². The van der Waals surface area contributed by atoms with Crippen LogP contribution in [0.25, 0.3) is 66.1 Å². The van der Waals surface area contributed by atoms with Crippen LogP contribution in [0.4, 0.5) is 26.3 Å². The van der Waals surface area contributed by atoms with E-state index in [2.05, 4.69) is 15.0 Å². The highest BCUT2D eigenvalue weighted by Gasteiger charge is 2.35. The van der Waals surface area contributed by atoms with Crippen molar-refractivity contribution in [3.8, 4) is 67.9 Å². The number of fused-ring (bicyclic) bond motifs is 3. The fourth-order valence-corrected chi connectivity index (χ4v) is 13.0. The molecule has 16 nitrogen and oxygen atoms in total. The van der Waals surface area contributed by atoms with E-state index in [9.17, 15) is 61.2 Å². The maximum Gasteiger partial charge on any atom is 0.418 e. The fourth-order valence-electron chi connectivity index (χ4n) is 10.5. The van der Waals surface area contributed by atoms with Crippen LogP contribution >= 0.6 is 23.2 Å². The molecule has 0 saturated carbocycles. The number of pyridine rings is 3. The van der Waals surface area contributed by atoms with Gasteiger partial charge in [0.25, 0.3) is 11.8 Å². The Labute approximate surface area is 566 Å². The van der Waals surface area contributed by atoms with Crippen molar-refractivity contribution in [3.63, 3.8) is 0 Å². The maximum absolute atomic E-state index is 13.5. The predicted molar refractivity (Wildman–Crippen MR) is 362 cm³/mol. The summed E-state index contributed by atoms with van der Waals surface area (Å²) in [6.07, 6.45) is -2.04. The Morgan fingerprint density at radius 2 is 0.735 bits per heavy atom. The highest BCUT2D eigenvalue weighted by Crippen LogP contribution is 2.43. The maximum atomic E-state index is 13.5. The molecule has 27 heteroatoms. The van der Waals surface area contributed by atoms with Gasteiger partial charge in [-0.1, -0.05) is 108 Å². The Morgan fingerprint density at radius 1 is 0.398 bits per heavy atom. The van der Waals surface area contributed by atoms with Gasteiger partial charge in [-0.05, 0) is 144 Å². The number of hydrogen-bond donors (Lipinski definition) is 2. The van der Waals surface area contributed by atoms with Crippen LogP contribution in [-0.4, -0.2) is 70.8 Å². The number of nitrogens with zero attached hydrogens (tertiary/aromatic N) is 3. The number of benzene rings is 9. The van der Waals surface area contributed by atoms with Gasteiger partial charge >= 0.3 is 12.4 Å². The van der Waals surface area contributed by atoms with E-state index in [0.717, 1.165) is 37.1 Å². The molecule has 0 saturated heterocycles. The number of carbonyl (C=O) groups is 2. The molecule has 4 N–H and O–H groups in total. The van der Waals surface area contributed by atoms with E-state index in [-0.39, 0.29) is 70.1 Å². The van der Waals surface area contributed by atoms with Crippen molar-refractivity contribution in [2.75, 3.05) is 18.8 Å². The van der Waals surface area contributed by atoms with Gasteiger partial charge in [-0.15, -0.1) is 0 Å². The number of para-hydroxylation sites is 3. The molecular weight excluding hydrogens is 1380 g/mol. The van der Waals surface area contributed by atoms with Crippen LogP contribution in [0.2, 0.25) is 10.0 Å².